The highest BCUT2D eigenvalue weighted by Crippen LogP contribution is 2.18. The van der Waals surface area contributed by atoms with Gasteiger partial charge in [0, 0.05) is 30.2 Å². The Balaban J connectivity index is 2.15. The minimum atomic E-state index is 0.497. The molecule has 0 radical (unpaired) electrons. The van der Waals surface area contributed by atoms with Crippen molar-refractivity contribution in [3.05, 3.63) is 58.2 Å². The molecule has 0 bridgehead atoms. The van der Waals surface area contributed by atoms with Crippen LogP contribution in [-0.4, -0.2) is 12.0 Å². The molecule has 19 heavy (non-hydrogen) atoms. The number of nitrogens with zero attached hydrogens (tertiary/aromatic N) is 2. The molecule has 0 aliphatic heterocycles. The number of pyridine rings is 1. The molecule has 0 N–H and O–H groups in total. The van der Waals surface area contributed by atoms with Crippen molar-refractivity contribution in [1.82, 2.24) is 4.98 Å². The summed E-state index contributed by atoms with van der Waals surface area (Å²) in [5.41, 5.74) is 3.21. The predicted octanol–water partition coefficient (Wildman–Crippen LogP) is 4.42. The van der Waals surface area contributed by atoms with Gasteiger partial charge in [0.2, 0.25) is 0 Å². The molecule has 1 aromatic carbocycles. The summed E-state index contributed by atoms with van der Waals surface area (Å²) in [6.45, 7) is 2.75. The second-order valence-electron chi connectivity index (χ2n) is 4.53. The van der Waals surface area contributed by atoms with E-state index in [2.05, 4.69) is 16.0 Å². The number of anilines is 1. The van der Waals surface area contributed by atoms with Crippen molar-refractivity contribution in [3.8, 4) is 0 Å². The van der Waals surface area contributed by atoms with Crippen molar-refractivity contribution in [1.29, 1.82) is 0 Å². The summed E-state index contributed by atoms with van der Waals surface area (Å²) < 4.78 is 0. The molecule has 1 aromatic heterocycles. The highest BCUT2D eigenvalue weighted by Gasteiger charge is 2.06. The van der Waals surface area contributed by atoms with Crippen LogP contribution in [0.1, 0.15) is 16.8 Å². The first-order valence-electron chi connectivity index (χ1n) is 6.08. The lowest BCUT2D eigenvalue weighted by Gasteiger charge is -2.19. The zero-order valence-corrected chi connectivity index (χ0v) is 12.5. The first-order chi connectivity index (χ1) is 9.10. The molecule has 0 saturated heterocycles. The van der Waals surface area contributed by atoms with Crippen LogP contribution in [-0.2, 0) is 12.4 Å². The molecule has 0 aliphatic rings. The van der Waals surface area contributed by atoms with Gasteiger partial charge in [-0.05, 0) is 36.2 Å². The number of benzene rings is 1. The first-order valence-corrected chi connectivity index (χ1v) is 6.99. The fourth-order valence-electron chi connectivity index (χ4n) is 1.92. The number of halogens is 2. The quantitative estimate of drug-likeness (QED) is 0.776. The van der Waals surface area contributed by atoms with Gasteiger partial charge in [0.15, 0.2) is 0 Å². The third-order valence-corrected chi connectivity index (χ3v) is 3.55. The van der Waals surface area contributed by atoms with Gasteiger partial charge in [-0.3, -0.25) is 0 Å². The molecule has 1 heterocycles. The smallest absolute Gasteiger partial charge is 0.128 e. The maximum atomic E-state index is 5.99. The Labute approximate surface area is 124 Å². The van der Waals surface area contributed by atoms with Crippen LogP contribution in [0, 0.1) is 6.92 Å². The van der Waals surface area contributed by atoms with Crippen LogP contribution in [0.25, 0.3) is 0 Å². The molecule has 0 aliphatic carbocycles. The second kappa shape index (κ2) is 6.27. The third-order valence-electron chi connectivity index (χ3n) is 3.02. The van der Waals surface area contributed by atoms with Gasteiger partial charge in [-0.25, -0.2) is 4.98 Å². The lowest BCUT2D eigenvalue weighted by molar-refractivity contribution is 0.889. The topological polar surface area (TPSA) is 16.1 Å². The average molecular weight is 295 g/mol. The molecule has 0 spiro atoms. The molecule has 0 saturated carbocycles. The van der Waals surface area contributed by atoms with Crippen LogP contribution in [0.15, 0.2) is 36.4 Å². The number of rotatable bonds is 4. The molecule has 2 aromatic rings. The van der Waals surface area contributed by atoms with E-state index in [4.69, 9.17) is 23.2 Å². The lowest BCUT2D eigenvalue weighted by Crippen LogP contribution is -2.18. The van der Waals surface area contributed by atoms with Gasteiger partial charge in [-0.15, -0.1) is 11.6 Å². The van der Waals surface area contributed by atoms with Gasteiger partial charge in [-0.2, -0.15) is 0 Å². The maximum Gasteiger partial charge on any atom is 0.128 e. The largest absolute Gasteiger partial charge is 0.355 e. The van der Waals surface area contributed by atoms with Crippen LogP contribution in [0.4, 0.5) is 5.82 Å². The van der Waals surface area contributed by atoms with Gasteiger partial charge >= 0.3 is 0 Å². The lowest BCUT2D eigenvalue weighted by atomic mass is 10.2. The summed E-state index contributed by atoms with van der Waals surface area (Å²) in [4.78, 5) is 6.66. The fraction of sp³-hybridized carbons (Fsp3) is 0.267. The minimum Gasteiger partial charge on any atom is -0.355 e. The van der Waals surface area contributed by atoms with E-state index < -0.39 is 0 Å². The highest BCUT2D eigenvalue weighted by molar-refractivity contribution is 6.30. The van der Waals surface area contributed by atoms with Crippen molar-refractivity contribution in [3.63, 3.8) is 0 Å². The number of alkyl halides is 1. The van der Waals surface area contributed by atoms with Crippen LogP contribution < -0.4 is 4.90 Å². The molecular weight excluding hydrogens is 279 g/mol. The van der Waals surface area contributed by atoms with Crippen molar-refractivity contribution < 1.29 is 0 Å². The zero-order chi connectivity index (χ0) is 13.8. The van der Waals surface area contributed by atoms with E-state index >= 15 is 0 Å². The van der Waals surface area contributed by atoms with Crippen molar-refractivity contribution in [2.45, 2.75) is 19.3 Å². The summed E-state index contributed by atoms with van der Waals surface area (Å²) in [6.07, 6.45) is 0. The maximum absolute atomic E-state index is 5.99. The average Bonchev–Trinajstić information content (AvgIpc) is 2.38. The fourth-order valence-corrected chi connectivity index (χ4v) is 2.42. The van der Waals surface area contributed by atoms with Gasteiger partial charge < -0.3 is 4.90 Å². The molecule has 0 fully saturated rings. The van der Waals surface area contributed by atoms with E-state index in [0.717, 1.165) is 34.2 Å². The van der Waals surface area contributed by atoms with E-state index in [9.17, 15) is 0 Å². The van der Waals surface area contributed by atoms with Gasteiger partial charge in [0.05, 0.1) is 0 Å². The van der Waals surface area contributed by atoms with Crippen molar-refractivity contribution >= 4 is 29.0 Å². The van der Waals surface area contributed by atoms with Crippen LogP contribution in [0.3, 0.4) is 0 Å². The van der Waals surface area contributed by atoms with Gasteiger partial charge in [0.1, 0.15) is 5.82 Å². The SMILES string of the molecule is Cc1nc(N(C)Cc2cccc(Cl)c2)ccc1CCl. The third kappa shape index (κ3) is 3.62. The van der Waals surface area contributed by atoms with E-state index in [1.807, 2.05) is 44.3 Å². The Morgan fingerprint density at radius 3 is 2.63 bits per heavy atom. The number of aryl methyl sites for hydroxylation is 1. The number of hydrogen-bond acceptors (Lipinski definition) is 2. The molecule has 100 valence electrons. The zero-order valence-electron chi connectivity index (χ0n) is 11.0. The van der Waals surface area contributed by atoms with Crippen molar-refractivity contribution in [2.75, 3.05) is 11.9 Å². The van der Waals surface area contributed by atoms with Crippen LogP contribution in [0.5, 0.6) is 0 Å². The molecular formula is C15H16Cl2N2. The summed E-state index contributed by atoms with van der Waals surface area (Å²) in [5.74, 6) is 1.43. The number of aromatic nitrogens is 1. The standard InChI is InChI=1S/C15H16Cl2N2/c1-11-13(9-16)6-7-15(18-11)19(2)10-12-4-3-5-14(17)8-12/h3-8H,9-10H2,1-2H3. The Kier molecular flexibility index (Phi) is 4.67. The summed E-state index contributed by atoms with van der Waals surface area (Å²) in [7, 11) is 2.02. The molecule has 0 unspecified atom stereocenters. The Morgan fingerprint density at radius 2 is 2.00 bits per heavy atom. The Bertz CT molecular complexity index is 570. The Hall–Kier alpha value is -1.25. The molecule has 2 nitrogen and oxygen atoms in total. The highest BCUT2D eigenvalue weighted by atomic mass is 35.5. The van der Waals surface area contributed by atoms with Crippen molar-refractivity contribution in [2.24, 2.45) is 0 Å². The molecule has 2 rings (SSSR count). The molecule has 0 amide bonds. The van der Waals surface area contributed by atoms with Crippen LogP contribution >= 0.6 is 23.2 Å². The summed E-state index contributed by atoms with van der Waals surface area (Å²) in [6, 6.07) is 11.9. The van der Waals surface area contributed by atoms with Gasteiger partial charge in [-0.1, -0.05) is 29.8 Å². The minimum absolute atomic E-state index is 0.497. The van der Waals surface area contributed by atoms with E-state index in [1.165, 1.54) is 0 Å². The molecule has 0 atom stereocenters. The Morgan fingerprint density at radius 1 is 1.21 bits per heavy atom. The van der Waals surface area contributed by atoms with Gasteiger partial charge in [0.25, 0.3) is 0 Å². The monoisotopic (exact) mass is 294 g/mol. The van der Waals surface area contributed by atoms with E-state index in [-0.39, 0.29) is 0 Å². The molecule has 4 heteroatoms. The predicted molar refractivity (Wildman–Crippen MR) is 82.1 cm³/mol. The van der Waals surface area contributed by atoms with E-state index in [0.29, 0.717) is 5.88 Å². The van der Waals surface area contributed by atoms with Crippen LogP contribution in [0.2, 0.25) is 5.02 Å². The summed E-state index contributed by atoms with van der Waals surface area (Å²) >= 11 is 11.8. The first kappa shape index (κ1) is 14.2. The van der Waals surface area contributed by atoms with E-state index in [1.54, 1.807) is 0 Å². The normalized spacial score (nSPS) is 10.5. The summed E-state index contributed by atoms with van der Waals surface area (Å²) in [5, 5.41) is 0.757. The number of hydrogen-bond donors (Lipinski definition) is 0. The second-order valence-corrected chi connectivity index (χ2v) is 5.24.